The van der Waals surface area contributed by atoms with Gasteiger partial charge in [-0.3, -0.25) is 14.6 Å². The molecule has 0 saturated heterocycles. The number of fused-ring (bicyclic) bond motifs is 1. The van der Waals surface area contributed by atoms with Crippen molar-refractivity contribution in [3.63, 3.8) is 0 Å². The van der Waals surface area contributed by atoms with Crippen molar-refractivity contribution in [2.75, 3.05) is 7.05 Å². The lowest BCUT2D eigenvalue weighted by Crippen LogP contribution is -2.36. The molecule has 1 amide bonds. The van der Waals surface area contributed by atoms with E-state index >= 15 is 0 Å². The van der Waals surface area contributed by atoms with Crippen LogP contribution in [0.25, 0.3) is 10.2 Å². The predicted octanol–water partition coefficient (Wildman–Crippen LogP) is 2.40. The standard InChI is InChI=1S/C18H20N4O2S/c1-11(9-13-7-5-6-8-19-13)22(4)18(24)15-12(2)14-16(25-15)20-10-21(3)17(14)23/h5-8,10-11H,9H2,1-4H3/t11-/m0/s1. The third-order valence-electron chi connectivity index (χ3n) is 4.42. The van der Waals surface area contributed by atoms with Crippen molar-refractivity contribution in [2.24, 2.45) is 7.05 Å². The molecule has 0 N–H and O–H groups in total. The lowest BCUT2D eigenvalue weighted by Gasteiger charge is -2.24. The van der Waals surface area contributed by atoms with Crippen LogP contribution >= 0.6 is 11.3 Å². The van der Waals surface area contributed by atoms with Crippen LogP contribution < -0.4 is 5.56 Å². The van der Waals surface area contributed by atoms with Crippen molar-refractivity contribution in [1.82, 2.24) is 19.4 Å². The van der Waals surface area contributed by atoms with Gasteiger partial charge in [-0.15, -0.1) is 11.3 Å². The van der Waals surface area contributed by atoms with E-state index in [1.54, 1.807) is 25.2 Å². The van der Waals surface area contributed by atoms with E-state index in [9.17, 15) is 9.59 Å². The van der Waals surface area contributed by atoms with E-state index in [0.29, 0.717) is 27.1 Å². The van der Waals surface area contributed by atoms with Gasteiger partial charge in [-0.2, -0.15) is 0 Å². The second-order valence-corrected chi connectivity index (χ2v) is 7.19. The minimum Gasteiger partial charge on any atom is -0.338 e. The topological polar surface area (TPSA) is 68.1 Å². The Morgan fingerprint density at radius 2 is 2.12 bits per heavy atom. The van der Waals surface area contributed by atoms with Crippen molar-refractivity contribution >= 4 is 27.5 Å². The van der Waals surface area contributed by atoms with Crippen LogP contribution in [0.15, 0.2) is 35.5 Å². The third-order valence-corrected chi connectivity index (χ3v) is 5.60. The highest BCUT2D eigenvalue weighted by Crippen LogP contribution is 2.28. The van der Waals surface area contributed by atoms with Gasteiger partial charge in [-0.25, -0.2) is 4.98 Å². The smallest absolute Gasteiger partial charge is 0.264 e. The van der Waals surface area contributed by atoms with Crippen LogP contribution in [-0.4, -0.2) is 38.4 Å². The molecule has 3 rings (SSSR count). The predicted molar refractivity (Wildman–Crippen MR) is 99.1 cm³/mol. The minimum atomic E-state index is -0.123. The number of aromatic nitrogens is 3. The molecular formula is C18H20N4O2S. The Morgan fingerprint density at radius 1 is 1.36 bits per heavy atom. The van der Waals surface area contributed by atoms with Crippen molar-refractivity contribution in [2.45, 2.75) is 26.3 Å². The molecule has 6 nitrogen and oxygen atoms in total. The van der Waals surface area contributed by atoms with Crippen LogP contribution in [0.2, 0.25) is 0 Å². The van der Waals surface area contributed by atoms with E-state index in [4.69, 9.17) is 0 Å². The van der Waals surface area contributed by atoms with E-state index in [-0.39, 0.29) is 17.5 Å². The van der Waals surface area contributed by atoms with Gasteiger partial charge in [-0.1, -0.05) is 6.07 Å². The number of rotatable bonds is 4. The van der Waals surface area contributed by atoms with Crippen molar-refractivity contribution in [3.8, 4) is 0 Å². The molecule has 0 radical (unpaired) electrons. The molecule has 7 heteroatoms. The summed E-state index contributed by atoms with van der Waals surface area (Å²) in [5.41, 5.74) is 1.52. The monoisotopic (exact) mass is 356 g/mol. The minimum absolute atomic E-state index is 0.0113. The molecule has 3 heterocycles. The summed E-state index contributed by atoms with van der Waals surface area (Å²) in [7, 11) is 3.44. The van der Waals surface area contributed by atoms with E-state index < -0.39 is 0 Å². The Morgan fingerprint density at radius 3 is 2.80 bits per heavy atom. The zero-order valence-electron chi connectivity index (χ0n) is 14.7. The number of hydrogen-bond acceptors (Lipinski definition) is 5. The molecule has 3 aromatic heterocycles. The second-order valence-electron chi connectivity index (χ2n) is 6.19. The molecule has 3 aromatic rings. The first-order chi connectivity index (χ1) is 11.9. The highest BCUT2D eigenvalue weighted by atomic mass is 32.1. The summed E-state index contributed by atoms with van der Waals surface area (Å²) in [6.07, 6.45) is 3.91. The Balaban J connectivity index is 1.90. The summed E-state index contributed by atoms with van der Waals surface area (Å²) in [5.74, 6) is -0.0917. The number of thiophene rings is 1. The summed E-state index contributed by atoms with van der Waals surface area (Å²) >= 11 is 1.28. The number of carbonyl (C=O) groups is 1. The fourth-order valence-electron chi connectivity index (χ4n) is 2.73. The molecule has 0 bridgehead atoms. The van der Waals surface area contributed by atoms with Crippen molar-refractivity contribution < 1.29 is 4.79 Å². The average molecular weight is 356 g/mol. The van der Waals surface area contributed by atoms with E-state index in [2.05, 4.69) is 9.97 Å². The second kappa shape index (κ2) is 6.76. The molecular weight excluding hydrogens is 336 g/mol. The lowest BCUT2D eigenvalue weighted by atomic mass is 10.1. The molecule has 130 valence electrons. The van der Waals surface area contributed by atoms with Gasteiger partial charge in [0, 0.05) is 38.4 Å². The maximum absolute atomic E-state index is 12.9. The number of likely N-dealkylation sites (N-methyl/N-ethyl adjacent to an activating group) is 1. The van der Waals surface area contributed by atoms with Gasteiger partial charge in [0.25, 0.3) is 11.5 Å². The van der Waals surface area contributed by atoms with Gasteiger partial charge >= 0.3 is 0 Å². The Kier molecular flexibility index (Phi) is 4.67. The number of hydrogen-bond donors (Lipinski definition) is 0. The summed E-state index contributed by atoms with van der Waals surface area (Å²) in [6.45, 7) is 3.80. The van der Waals surface area contributed by atoms with E-state index in [0.717, 1.165) is 5.69 Å². The quantitative estimate of drug-likeness (QED) is 0.720. The first-order valence-electron chi connectivity index (χ1n) is 8.02. The molecule has 0 saturated carbocycles. The number of aryl methyl sites for hydroxylation is 2. The number of carbonyl (C=O) groups excluding carboxylic acids is 1. The summed E-state index contributed by atoms with van der Waals surface area (Å²) < 4.78 is 1.43. The van der Waals surface area contributed by atoms with Crippen LogP contribution in [0.5, 0.6) is 0 Å². The zero-order chi connectivity index (χ0) is 18.1. The Bertz CT molecular complexity index is 978. The average Bonchev–Trinajstić information content (AvgIpc) is 2.95. The SMILES string of the molecule is Cc1c(C(=O)N(C)[C@@H](C)Cc2ccccn2)sc2ncn(C)c(=O)c12. The number of amides is 1. The van der Waals surface area contributed by atoms with Gasteiger partial charge in [0.1, 0.15) is 4.83 Å². The molecule has 25 heavy (non-hydrogen) atoms. The zero-order valence-corrected chi connectivity index (χ0v) is 15.5. The maximum Gasteiger partial charge on any atom is 0.264 e. The van der Waals surface area contributed by atoms with E-state index in [1.165, 1.54) is 22.2 Å². The van der Waals surface area contributed by atoms with Crippen molar-refractivity contribution in [1.29, 1.82) is 0 Å². The molecule has 0 unspecified atom stereocenters. The fourth-order valence-corrected chi connectivity index (χ4v) is 3.85. The first-order valence-corrected chi connectivity index (χ1v) is 8.83. The van der Waals surface area contributed by atoms with Gasteiger partial charge in [0.2, 0.25) is 0 Å². The van der Waals surface area contributed by atoms with Crippen LogP contribution in [0.4, 0.5) is 0 Å². The maximum atomic E-state index is 12.9. The van der Waals surface area contributed by atoms with Crippen LogP contribution in [0, 0.1) is 6.92 Å². The summed E-state index contributed by atoms with van der Waals surface area (Å²) in [5, 5.41) is 0.532. The molecule has 0 aromatic carbocycles. The highest BCUT2D eigenvalue weighted by Gasteiger charge is 2.24. The molecule has 0 aliphatic rings. The fraction of sp³-hybridized carbons (Fsp3) is 0.333. The lowest BCUT2D eigenvalue weighted by molar-refractivity contribution is 0.0747. The highest BCUT2D eigenvalue weighted by molar-refractivity contribution is 7.20. The summed E-state index contributed by atoms with van der Waals surface area (Å²) in [4.78, 5) is 36.7. The largest absolute Gasteiger partial charge is 0.338 e. The van der Waals surface area contributed by atoms with Gasteiger partial charge < -0.3 is 9.47 Å². The Hall–Kier alpha value is -2.54. The van der Waals surface area contributed by atoms with Gasteiger partial charge in [0.15, 0.2) is 0 Å². The van der Waals surface area contributed by atoms with Gasteiger partial charge in [-0.05, 0) is 31.5 Å². The molecule has 0 spiro atoms. The molecule has 0 aliphatic carbocycles. The Labute approximate surface area is 149 Å². The summed E-state index contributed by atoms with van der Waals surface area (Å²) in [6, 6.07) is 5.75. The number of nitrogens with zero attached hydrogens (tertiary/aromatic N) is 4. The van der Waals surface area contributed by atoms with Crippen molar-refractivity contribution in [3.05, 3.63) is 57.2 Å². The molecule has 0 aliphatic heterocycles. The van der Waals surface area contributed by atoms with Gasteiger partial charge in [0.05, 0.1) is 16.6 Å². The van der Waals surface area contributed by atoms with Crippen LogP contribution in [0.3, 0.4) is 0 Å². The normalized spacial score (nSPS) is 12.3. The van der Waals surface area contributed by atoms with Crippen LogP contribution in [-0.2, 0) is 13.5 Å². The van der Waals surface area contributed by atoms with E-state index in [1.807, 2.05) is 32.0 Å². The third kappa shape index (κ3) is 3.19. The van der Waals surface area contributed by atoms with Crippen LogP contribution in [0.1, 0.15) is 27.9 Å². The molecule has 1 atom stereocenters. The molecule has 0 fully saturated rings. The number of pyridine rings is 1. The first kappa shape index (κ1) is 17.3.